The van der Waals surface area contributed by atoms with Gasteiger partial charge in [-0.15, -0.1) is 0 Å². The van der Waals surface area contributed by atoms with E-state index in [4.69, 9.17) is 5.11 Å². The van der Waals surface area contributed by atoms with Crippen molar-refractivity contribution in [3.63, 3.8) is 0 Å². The Labute approximate surface area is 126 Å². The molecule has 0 radical (unpaired) electrons. The summed E-state index contributed by atoms with van der Waals surface area (Å²) in [6.45, 7) is 10.8. The van der Waals surface area contributed by atoms with Crippen molar-refractivity contribution in [3.8, 4) is 0 Å². The molecule has 2 saturated heterocycles. The fourth-order valence-electron chi connectivity index (χ4n) is 3.49. The first-order valence-corrected chi connectivity index (χ1v) is 7.94. The molecule has 0 amide bonds. The van der Waals surface area contributed by atoms with Crippen molar-refractivity contribution in [2.45, 2.75) is 26.1 Å². The smallest absolute Gasteiger partial charge is 0.0641 e. The van der Waals surface area contributed by atoms with Gasteiger partial charge in [0.15, 0.2) is 0 Å². The number of rotatable bonds is 4. The largest absolute Gasteiger partial charge is 0.394 e. The Morgan fingerprint density at radius 2 is 2.05 bits per heavy atom. The molecule has 2 aliphatic rings. The highest BCUT2D eigenvalue weighted by Gasteiger charge is 2.30. The number of aliphatic hydroxyl groups is 1. The van der Waals surface area contributed by atoms with Gasteiger partial charge in [-0.05, 0) is 14.0 Å². The van der Waals surface area contributed by atoms with E-state index in [2.05, 4.69) is 40.0 Å². The Kier molecular flexibility index (Phi) is 4.59. The SMILES string of the molecule is Cc1nn(CCO)cc1CN1CCN2CCN(C)CC2C1. The molecule has 2 fully saturated rings. The maximum atomic E-state index is 9.01. The summed E-state index contributed by atoms with van der Waals surface area (Å²) in [5.41, 5.74) is 2.38. The molecule has 3 rings (SSSR count). The number of nitrogens with zero attached hydrogens (tertiary/aromatic N) is 5. The number of hydrogen-bond donors (Lipinski definition) is 1. The van der Waals surface area contributed by atoms with Gasteiger partial charge >= 0.3 is 0 Å². The van der Waals surface area contributed by atoms with E-state index in [1.807, 2.05) is 4.68 Å². The second kappa shape index (κ2) is 6.44. The minimum absolute atomic E-state index is 0.146. The second-order valence-corrected chi connectivity index (χ2v) is 6.41. The minimum Gasteiger partial charge on any atom is -0.394 e. The summed E-state index contributed by atoms with van der Waals surface area (Å²) in [6, 6.07) is 0.672. The van der Waals surface area contributed by atoms with Gasteiger partial charge in [0.05, 0.1) is 18.8 Å². The Morgan fingerprint density at radius 3 is 2.86 bits per heavy atom. The molecule has 21 heavy (non-hydrogen) atoms. The molecule has 0 aromatic carbocycles. The molecule has 0 spiro atoms. The first kappa shape index (κ1) is 15.0. The Balaban J connectivity index is 1.60. The van der Waals surface area contributed by atoms with E-state index in [0.717, 1.165) is 25.3 Å². The molecule has 6 nitrogen and oxygen atoms in total. The summed E-state index contributed by atoms with van der Waals surface area (Å²) in [4.78, 5) is 7.63. The minimum atomic E-state index is 0.146. The highest BCUT2D eigenvalue weighted by Crippen LogP contribution is 2.17. The summed E-state index contributed by atoms with van der Waals surface area (Å²) in [7, 11) is 2.22. The second-order valence-electron chi connectivity index (χ2n) is 6.41. The van der Waals surface area contributed by atoms with E-state index < -0.39 is 0 Å². The average molecular weight is 293 g/mol. The van der Waals surface area contributed by atoms with Gasteiger partial charge in [0.1, 0.15) is 0 Å². The molecule has 1 unspecified atom stereocenters. The van der Waals surface area contributed by atoms with Crippen LogP contribution in [0.2, 0.25) is 0 Å². The lowest BCUT2D eigenvalue weighted by atomic mass is 10.1. The normalized spacial score (nSPS) is 25.2. The van der Waals surface area contributed by atoms with Gasteiger partial charge in [-0.3, -0.25) is 14.5 Å². The highest BCUT2D eigenvalue weighted by atomic mass is 16.3. The third kappa shape index (κ3) is 3.45. The zero-order valence-electron chi connectivity index (χ0n) is 13.2. The van der Waals surface area contributed by atoms with Gasteiger partial charge in [0.2, 0.25) is 0 Å². The van der Waals surface area contributed by atoms with E-state index in [1.165, 1.54) is 31.7 Å². The van der Waals surface area contributed by atoms with Crippen LogP contribution in [0.4, 0.5) is 0 Å². The van der Waals surface area contributed by atoms with Gasteiger partial charge in [-0.1, -0.05) is 0 Å². The Hall–Kier alpha value is -0.950. The van der Waals surface area contributed by atoms with Crippen molar-refractivity contribution in [1.29, 1.82) is 0 Å². The topological polar surface area (TPSA) is 47.8 Å². The molecule has 3 heterocycles. The van der Waals surface area contributed by atoms with E-state index in [1.54, 1.807) is 0 Å². The van der Waals surface area contributed by atoms with Crippen LogP contribution in [0.15, 0.2) is 6.20 Å². The molecule has 1 atom stereocenters. The van der Waals surface area contributed by atoms with E-state index in [9.17, 15) is 0 Å². The van der Waals surface area contributed by atoms with Gasteiger partial charge < -0.3 is 10.0 Å². The third-order valence-electron chi connectivity index (χ3n) is 4.75. The van der Waals surface area contributed by atoms with Gasteiger partial charge in [0, 0.05) is 63.6 Å². The molecule has 1 aromatic rings. The van der Waals surface area contributed by atoms with Gasteiger partial charge in [-0.2, -0.15) is 5.10 Å². The highest BCUT2D eigenvalue weighted by molar-refractivity contribution is 5.15. The fraction of sp³-hybridized carbons (Fsp3) is 0.800. The van der Waals surface area contributed by atoms with Crippen molar-refractivity contribution in [2.75, 3.05) is 52.9 Å². The first-order valence-electron chi connectivity index (χ1n) is 7.94. The van der Waals surface area contributed by atoms with Crippen LogP contribution in [-0.4, -0.2) is 88.6 Å². The summed E-state index contributed by atoms with van der Waals surface area (Å²) < 4.78 is 1.86. The van der Waals surface area contributed by atoms with Crippen molar-refractivity contribution < 1.29 is 5.11 Å². The first-order chi connectivity index (χ1) is 10.2. The lowest BCUT2D eigenvalue weighted by molar-refractivity contribution is 0.0174. The van der Waals surface area contributed by atoms with Crippen LogP contribution in [0.25, 0.3) is 0 Å². The van der Waals surface area contributed by atoms with Crippen LogP contribution in [0.3, 0.4) is 0 Å². The summed E-state index contributed by atoms with van der Waals surface area (Å²) >= 11 is 0. The predicted molar refractivity (Wildman–Crippen MR) is 82.2 cm³/mol. The summed E-state index contributed by atoms with van der Waals surface area (Å²) in [5.74, 6) is 0. The molecule has 118 valence electrons. The van der Waals surface area contributed by atoms with Gasteiger partial charge in [0.25, 0.3) is 0 Å². The molecule has 1 aromatic heterocycles. The molecular weight excluding hydrogens is 266 g/mol. The maximum Gasteiger partial charge on any atom is 0.0641 e. The number of piperazine rings is 2. The number of aromatic nitrogens is 2. The molecule has 0 bridgehead atoms. The standard InChI is InChI=1S/C15H27N5O/c1-13-14(10-20(16-13)7-8-21)9-18-4-6-19-5-3-17(2)11-15(19)12-18/h10,15,21H,3-9,11-12H2,1-2H3. The quantitative estimate of drug-likeness (QED) is 0.820. The van der Waals surface area contributed by atoms with Crippen LogP contribution in [0.1, 0.15) is 11.3 Å². The summed E-state index contributed by atoms with van der Waals surface area (Å²) in [6.07, 6.45) is 2.09. The molecule has 1 N–H and O–H groups in total. The number of hydrogen-bond acceptors (Lipinski definition) is 5. The zero-order valence-corrected chi connectivity index (χ0v) is 13.2. The van der Waals surface area contributed by atoms with Crippen LogP contribution < -0.4 is 0 Å². The predicted octanol–water partition coefficient (Wildman–Crippen LogP) is -0.385. The average Bonchev–Trinajstić information content (AvgIpc) is 2.79. The molecule has 0 aliphatic carbocycles. The number of likely N-dealkylation sites (N-methyl/N-ethyl adjacent to an activating group) is 1. The third-order valence-corrected chi connectivity index (χ3v) is 4.75. The molecular formula is C15H27N5O. The molecule has 2 aliphatic heterocycles. The van der Waals surface area contributed by atoms with Gasteiger partial charge in [-0.25, -0.2) is 0 Å². The van der Waals surface area contributed by atoms with Crippen LogP contribution in [0.5, 0.6) is 0 Å². The Morgan fingerprint density at radius 1 is 1.24 bits per heavy atom. The number of aryl methyl sites for hydroxylation is 1. The van der Waals surface area contributed by atoms with Crippen molar-refractivity contribution in [2.24, 2.45) is 0 Å². The zero-order chi connectivity index (χ0) is 14.8. The summed E-state index contributed by atoms with van der Waals surface area (Å²) in [5, 5.41) is 13.5. The maximum absolute atomic E-state index is 9.01. The fourth-order valence-corrected chi connectivity index (χ4v) is 3.49. The molecule has 6 heteroatoms. The van der Waals surface area contributed by atoms with E-state index in [0.29, 0.717) is 12.6 Å². The van der Waals surface area contributed by atoms with E-state index >= 15 is 0 Å². The lowest BCUT2D eigenvalue weighted by Gasteiger charge is -2.46. The monoisotopic (exact) mass is 293 g/mol. The Bertz CT molecular complexity index is 475. The number of fused-ring (bicyclic) bond motifs is 1. The molecule has 0 saturated carbocycles. The van der Waals surface area contributed by atoms with Crippen LogP contribution >= 0.6 is 0 Å². The van der Waals surface area contributed by atoms with Crippen LogP contribution in [-0.2, 0) is 13.1 Å². The van der Waals surface area contributed by atoms with Crippen molar-refractivity contribution in [1.82, 2.24) is 24.5 Å². The number of aliphatic hydroxyl groups excluding tert-OH is 1. The van der Waals surface area contributed by atoms with Crippen molar-refractivity contribution in [3.05, 3.63) is 17.5 Å². The van der Waals surface area contributed by atoms with Crippen molar-refractivity contribution >= 4 is 0 Å². The van der Waals surface area contributed by atoms with E-state index in [-0.39, 0.29) is 6.61 Å². The van der Waals surface area contributed by atoms with Crippen LogP contribution in [0, 0.1) is 6.92 Å². The lowest BCUT2D eigenvalue weighted by Crippen LogP contribution is -2.61.